The van der Waals surface area contributed by atoms with Crippen molar-refractivity contribution in [1.82, 2.24) is 9.97 Å². The molecule has 28 heavy (non-hydrogen) atoms. The second-order valence-corrected chi connectivity index (χ2v) is 6.06. The monoisotopic (exact) mass is 375 g/mol. The van der Waals surface area contributed by atoms with Crippen LogP contribution in [0.25, 0.3) is 0 Å². The van der Waals surface area contributed by atoms with E-state index in [0.717, 1.165) is 5.69 Å². The van der Waals surface area contributed by atoms with Crippen LogP contribution < -0.4 is 15.5 Å². The average molecular weight is 375 g/mol. The number of nitrogens with zero attached hydrogens (tertiary/aromatic N) is 3. The SMILES string of the molecule is CCN(c1ccccc1)c1ncc(C(=O)Nc2ccc(NC(C)=O)cc2)cn1. The van der Waals surface area contributed by atoms with Crippen LogP contribution in [0.4, 0.5) is 23.0 Å². The summed E-state index contributed by atoms with van der Waals surface area (Å²) >= 11 is 0. The lowest BCUT2D eigenvalue weighted by molar-refractivity contribution is -0.114. The van der Waals surface area contributed by atoms with E-state index in [-0.39, 0.29) is 11.8 Å². The maximum absolute atomic E-state index is 12.4. The van der Waals surface area contributed by atoms with E-state index in [2.05, 4.69) is 20.6 Å². The quantitative estimate of drug-likeness (QED) is 0.683. The Bertz CT molecular complexity index is 941. The maximum Gasteiger partial charge on any atom is 0.258 e. The van der Waals surface area contributed by atoms with Gasteiger partial charge in [0.15, 0.2) is 0 Å². The Balaban J connectivity index is 1.69. The molecule has 0 saturated heterocycles. The summed E-state index contributed by atoms with van der Waals surface area (Å²) < 4.78 is 0. The number of anilines is 4. The zero-order valence-electron chi connectivity index (χ0n) is 15.7. The molecule has 7 heteroatoms. The zero-order valence-corrected chi connectivity index (χ0v) is 15.7. The smallest absolute Gasteiger partial charge is 0.258 e. The lowest BCUT2D eigenvalue weighted by Gasteiger charge is -2.20. The second-order valence-electron chi connectivity index (χ2n) is 6.06. The summed E-state index contributed by atoms with van der Waals surface area (Å²) in [5.74, 6) is 0.0807. The minimum absolute atomic E-state index is 0.148. The molecule has 2 N–H and O–H groups in total. The Morgan fingerprint density at radius 2 is 1.46 bits per heavy atom. The van der Waals surface area contributed by atoms with Crippen molar-refractivity contribution >= 4 is 34.8 Å². The Kier molecular flexibility index (Phi) is 5.96. The number of rotatable bonds is 6. The van der Waals surface area contributed by atoms with Gasteiger partial charge in [0.05, 0.1) is 5.56 Å². The Morgan fingerprint density at radius 3 is 2.00 bits per heavy atom. The molecule has 0 aliphatic heterocycles. The average Bonchev–Trinajstić information content (AvgIpc) is 2.71. The van der Waals surface area contributed by atoms with Gasteiger partial charge in [0, 0.05) is 42.9 Å². The van der Waals surface area contributed by atoms with Crippen LogP contribution in [0.3, 0.4) is 0 Å². The third-order valence-electron chi connectivity index (χ3n) is 3.99. The zero-order chi connectivity index (χ0) is 19.9. The molecule has 3 rings (SSSR count). The Hall–Kier alpha value is -3.74. The molecule has 0 radical (unpaired) electrons. The standard InChI is InChI=1S/C21H21N5O2/c1-3-26(19-7-5-4-6-8-19)21-22-13-16(14-23-21)20(28)25-18-11-9-17(10-12-18)24-15(2)27/h4-14H,3H2,1-2H3,(H,24,27)(H,25,28). The predicted molar refractivity (Wildman–Crippen MR) is 110 cm³/mol. The highest BCUT2D eigenvalue weighted by atomic mass is 16.2. The Morgan fingerprint density at radius 1 is 0.893 bits per heavy atom. The highest BCUT2D eigenvalue weighted by molar-refractivity contribution is 6.04. The van der Waals surface area contributed by atoms with Gasteiger partial charge in [-0.2, -0.15) is 0 Å². The highest BCUT2D eigenvalue weighted by Gasteiger charge is 2.12. The molecule has 142 valence electrons. The van der Waals surface area contributed by atoms with Crippen molar-refractivity contribution in [2.75, 3.05) is 22.1 Å². The molecule has 0 fully saturated rings. The van der Waals surface area contributed by atoms with Gasteiger partial charge >= 0.3 is 0 Å². The van der Waals surface area contributed by atoms with Gasteiger partial charge in [-0.05, 0) is 43.3 Å². The third-order valence-corrected chi connectivity index (χ3v) is 3.99. The molecular weight excluding hydrogens is 354 g/mol. The lowest BCUT2D eigenvalue weighted by atomic mass is 10.2. The van der Waals surface area contributed by atoms with Gasteiger partial charge < -0.3 is 15.5 Å². The molecule has 2 amide bonds. The van der Waals surface area contributed by atoms with Crippen molar-refractivity contribution in [2.24, 2.45) is 0 Å². The van der Waals surface area contributed by atoms with Crippen LogP contribution in [-0.2, 0) is 4.79 Å². The summed E-state index contributed by atoms with van der Waals surface area (Å²) in [5.41, 5.74) is 2.63. The number of hydrogen-bond donors (Lipinski definition) is 2. The fourth-order valence-electron chi connectivity index (χ4n) is 2.67. The molecule has 7 nitrogen and oxygen atoms in total. The lowest BCUT2D eigenvalue weighted by Crippen LogP contribution is -2.20. The fourth-order valence-corrected chi connectivity index (χ4v) is 2.67. The molecule has 0 saturated carbocycles. The van der Waals surface area contributed by atoms with E-state index in [0.29, 0.717) is 29.4 Å². The van der Waals surface area contributed by atoms with Crippen molar-refractivity contribution in [3.63, 3.8) is 0 Å². The van der Waals surface area contributed by atoms with E-state index in [9.17, 15) is 9.59 Å². The number of nitrogens with one attached hydrogen (secondary N) is 2. The van der Waals surface area contributed by atoms with Crippen molar-refractivity contribution in [1.29, 1.82) is 0 Å². The van der Waals surface area contributed by atoms with Crippen LogP contribution in [0.5, 0.6) is 0 Å². The molecule has 0 atom stereocenters. The van der Waals surface area contributed by atoms with Crippen LogP contribution in [0.1, 0.15) is 24.2 Å². The molecule has 0 aliphatic carbocycles. The van der Waals surface area contributed by atoms with Gasteiger partial charge in [0.1, 0.15) is 0 Å². The van der Waals surface area contributed by atoms with E-state index in [4.69, 9.17) is 0 Å². The number of amides is 2. The van der Waals surface area contributed by atoms with E-state index >= 15 is 0 Å². The van der Waals surface area contributed by atoms with Crippen molar-refractivity contribution in [3.05, 3.63) is 72.6 Å². The first-order valence-corrected chi connectivity index (χ1v) is 8.90. The van der Waals surface area contributed by atoms with Crippen molar-refractivity contribution < 1.29 is 9.59 Å². The fraction of sp³-hybridized carbons (Fsp3) is 0.143. The molecule has 0 unspecified atom stereocenters. The number of carbonyl (C=O) groups is 2. The molecule has 2 aromatic carbocycles. The number of para-hydroxylation sites is 1. The maximum atomic E-state index is 12.4. The van der Waals surface area contributed by atoms with Crippen LogP contribution in [0.2, 0.25) is 0 Å². The first-order chi connectivity index (χ1) is 13.6. The van der Waals surface area contributed by atoms with Crippen LogP contribution >= 0.6 is 0 Å². The summed E-state index contributed by atoms with van der Waals surface area (Å²) in [6.07, 6.45) is 3.02. The second kappa shape index (κ2) is 8.77. The number of carbonyl (C=O) groups excluding carboxylic acids is 2. The largest absolute Gasteiger partial charge is 0.326 e. The molecule has 0 spiro atoms. The van der Waals surface area contributed by atoms with Gasteiger partial charge in [0.2, 0.25) is 11.9 Å². The van der Waals surface area contributed by atoms with Gasteiger partial charge in [-0.15, -0.1) is 0 Å². The van der Waals surface area contributed by atoms with Gasteiger partial charge in [-0.25, -0.2) is 9.97 Å². The summed E-state index contributed by atoms with van der Waals surface area (Å²) in [6.45, 7) is 4.16. The van der Waals surface area contributed by atoms with Gasteiger partial charge in [-0.3, -0.25) is 9.59 Å². The van der Waals surface area contributed by atoms with Gasteiger partial charge in [-0.1, -0.05) is 18.2 Å². The van der Waals surface area contributed by atoms with Crippen LogP contribution in [0, 0.1) is 0 Å². The molecular formula is C21H21N5O2. The Labute approximate surface area is 163 Å². The predicted octanol–water partition coefficient (Wildman–Crippen LogP) is 3.85. The summed E-state index contributed by atoms with van der Waals surface area (Å²) in [7, 11) is 0. The van der Waals surface area contributed by atoms with Gasteiger partial charge in [0.25, 0.3) is 5.91 Å². The first kappa shape index (κ1) is 19.0. The minimum atomic E-state index is -0.304. The van der Waals surface area contributed by atoms with Crippen molar-refractivity contribution in [3.8, 4) is 0 Å². The molecule has 0 bridgehead atoms. The topological polar surface area (TPSA) is 87.2 Å². The summed E-state index contributed by atoms with van der Waals surface area (Å²) in [5, 5.41) is 5.46. The summed E-state index contributed by atoms with van der Waals surface area (Å²) in [6, 6.07) is 16.7. The van der Waals surface area contributed by atoms with Crippen LogP contribution in [-0.4, -0.2) is 28.3 Å². The first-order valence-electron chi connectivity index (χ1n) is 8.90. The number of benzene rings is 2. The highest BCUT2D eigenvalue weighted by Crippen LogP contribution is 2.21. The number of hydrogen-bond acceptors (Lipinski definition) is 5. The minimum Gasteiger partial charge on any atom is -0.326 e. The molecule has 1 heterocycles. The number of aromatic nitrogens is 2. The third kappa shape index (κ3) is 4.70. The summed E-state index contributed by atoms with van der Waals surface area (Å²) in [4.78, 5) is 34.1. The van der Waals surface area contributed by atoms with E-state index in [1.807, 2.05) is 42.2 Å². The van der Waals surface area contributed by atoms with E-state index < -0.39 is 0 Å². The molecule has 1 aromatic heterocycles. The van der Waals surface area contributed by atoms with E-state index in [1.54, 1.807) is 24.3 Å². The molecule has 0 aliphatic rings. The molecule has 3 aromatic rings. The van der Waals surface area contributed by atoms with Crippen LogP contribution in [0.15, 0.2) is 67.0 Å². The normalized spacial score (nSPS) is 10.2. The van der Waals surface area contributed by atoms with Crippen molar-refractivity contribution in [2.45, 2.75) is 13.8 Å². The van der Waals surface area contributed by atoms with E-state index in [1.165, 1.54) is 19.3 Å².